The Kier molecular flexibility index (Phi) is 2.46. The van der Waals surface area contributed by atoms with E-state index in [9.17, 15) is 4.79 Å². The van der Waals surface area contributed by atoms with Gasteiger partial charge in [-0.3, -0.25) is 4.79 Å². The van der Waals surface area contributed by atoms with Gasteiger partial charge in [0.15, 0.2) is 0 Å². The molecule has 2 rings (SSSR count). The second-order valence-electron chi connectivity index (χ2n) is 3.72. The van der Waals surface area contributed by atoms with Crippen molar-refractivity contribution >= 4 is 17.5 Å². The highest BCUT2D eigenvalue weighted by Gasteiger charge is 2.30. The van der Waals surface area contributed by atoms with E-state index in [0.717, 1.165) is 17.0 Å². The third-order valence-electron chi connectivity index (χ3n) is 2.63. The van der Waals surface area contributed by atoms with E-state index in [1.807, 2.05) is 31.2 Å². The van der Waals surface area contributed by atoms with E-state index in [1.54, 1.807) is 0 Å². The summed E-state index contributed by atoms with van der Waals surface area (Å²) in [7, 11) is 0. The molecule has 2 unspecified atom stereocenters. The summed E-state index contributed by atoms with van der Waals surface area (Å²) in [6, 6.07) is 7.74. The Morgan fingerprint density at radius 3 is 2.71 bits per heavy atom. The van der Waals surface area contributed by atoms with Gasteiger partial charge >= 0.3 is 0 Å². The summed E-state index contributed by atoms with van der Waals surface area (Å²) in [6.45, 7) is 1.94. The van der Waals surface area contributed by atoms with Gasteiger partial charge in [-0.05, 0) is 18.1 Å². The lowest BCUT2D eigenvalue weighted by Gasteiger charge is -2.11. The molecule has 1 aliphatic rings. The molecule has 1 heterocycles. The van der Waals surface area contributed by atoms with E-state index in [0.29, 0.717) is 0 Å². The lowest BCUT2D eigenvalue weighted by atomic mass is 10.0. The molecule has 14 heavy (non-hydrogen) atoms. The Bertz CT molecular complexity index is 364. The number of carbonyl (C=O) groups is 1. The SMILES string of the molecule is CC1CC(c2ccccc2Cl)NC1=O. The summed E-state index contributed by atoms with van der Waals surface area (Å²) in [5.41, 5.74) is 1.02. The first-order valence-electron chi connectivity index (χ1n) is 4.73. The Morgan fingerprint density at radius 2 is 2.14 bits per heavy atom. The first kappa shape index (κ1) is 9.53. The van der Waals surface area contributed by atoms with Crippen molar-refractivity contribution in [3.05, 3.63) is 34.9 Å². The molecule has 0 aliphatic carbocycles. The number of hydrogen-bond acceptors (Lipinski definition) is 1. The Balaban J connectivity index is 2.25. The molecule has 2 atom stereocenters. The second-order valence-corrected chi connectivity index (χ2v) is 4.13. The van der Waals surface area contributed by atoms with Crippen LogP contribution < -0.4 is 5.32 Å². The normalized spacial score (nSPS) is 26.3. The maximum absolute atomic E-state index is 11.3. The van der Waals surface area contributed by atoms with Gasteiger partial charge in [-0.15, -0.1) is 0 Å². The van der Waals surface area contributed by atoms with Crippen molar-refractivity contribution in [1.82, 2.24) is 5.32 Å². The molecule has 74 valence electrons. The van der Waals surface area contributed by atoms with Gasteiger partial charge < -0.3 is 5.32 Å². The molecule has 1 aliphatic heterocycles. The molecule has 1 N–H and O–H groups in total. The minimum Gasteiger partial charge on any atom is -0.349 e. The van der Waals surface area contributed by atoms with Crippen molar-refractivity contribution in [1.29, 1.82) is 0 Å². The molecule has 1 aromatic carbocycles. The average Bonchev–Trinajstić information content (AvgIpc) is 2.48. The van der Waals surface area contributed by atoms with Crippen LogP contribution in [0.4, 0.5) is 0 Å². The molecule has 0 radical (unpaired) electrons. The molecule has 1 saturated heterocycles. The minimum absolute atomic E-state index is 0.0891. The van der Waals surface area contributed by atoms with Gasteiger partial charge in [0, 0.05) is 10.9 Å². The highest BCUT2D eigenvalue weighted by Crippen LogP contribution is 2.31. The van der Waals surface area contributed by atoms with Crippen LogP contribution in [-0.2, 0) is 4.79 Å². The molecule has 3 heteroatoms. The monoisotopic (exact) mass is 209 g/mol. The molecular formula is C11H12ClNO. The maximum Gasteiger partial charge on any atom is 0.223 e. The van der Waals surface area contributed by atoms with Gasteiger partial charge in [-0.1, -0.05) is 36.7 Å². The lowest BCUT2D eigenvalue weighted by molar-refractivity contribution is -0.122. The maximum atomic E-state index is 11.3. The third kappa shape index (κ3) is 1.62. The van der Waals surface area contributed by atoms with Crippen LogP contribution >= 0.6 is 11.6 Å². The fraction of sp³-hybridized carbons (Fsp3) is 0.364. The van der Waals surface area contributed by atoms with Crippen LogP contribution in [0.2, 0.25) is 5.02 Å². The first-order valence-corrected chi connectivity index (χ1v) is 5.11. The van der Waals surface area contributed by atoms with Gasteiger partial charge in [0.05, 0.1) is 6.04 Å². The van der Waals surface area contributed by atoms with Crippen molar-refractivity contribution < 1.29 is 4.79 Å². The van der Waals surface area contributed by atoms with Crippen molar-refractivity contribution in [3.63, 3.8) is 0 Å². The van der Waals surface area contributed by atoms with E-state index < -0.39 is 0 Å². The molecule has 2 nitrogen and oxygen atoms in total. The Morgan fingerprint density at radius 1 is 1.43 bits per heavy atom. The number of carbonyl (C=O) groups excluding carboxylic acids is 1. The highest BCUT2D eigenvalue weighted by atomic mass is 35.5. The standard InChI is InChI=1S/C11H12ClNO/c1-7-6-10(13-11(7)14)8-4-2-3-5-9(8)12/h2-5,7,10H,6H2,1H3,(H,13,14). The average molecular weight is 210 g/mol. The number of nitrogens with one attached hydrogen (secondary N) is 1. The Labute approximate surface area is 88.3 Å². The number of halogens is 1. The molecule has 0 spiro atoms. The minimum atomic E-state index is 0.0891. The fourth-order valence-electron chi connectivity index (χ4n) is 1.80. The Hall–Kier alpha value is -1.02. The predicted octanol–water partition coefficient (Wildman–Crippen LogP) is 2.54. The van der Waals surface area contributed by atoms with Crippen LogP contribution in [0.25, 0.3) is 0 Å². The van der Waals surface area contributed by atoms with Gasteiger partial charge in [-0.25, -0.2) is 0 Å². The summed E-state index contributed by atoms with van der Waals surface area (Å²) >= 11 is 6.05. The molecule has 1 amide bonds. The zero-order chi connectivity index (χ0) is 10.1. The zero-order valence-corrected chi connectivity index (χ0v) is 8.71. The van der Waals surface area contributed by atoms with Crippen molar-refractivity contribution in [2.24, 2.45) is 5.92 Å². The lowest BCUT2D eigenvalue weighted by Crippen LogP contribution is -2.20. The smallest absolute Gasteiger partial charge is 0.223 e. The van der Waals surface area contributed by atoms with E-state index >= 15 is 0 Å². The molecular weight excluding hydrogens is 198 g/mol. The summed E-state index contributed by atoms with van der Waals surface area (Å²) in [5, 5.41) is 3.67. The van der Waals surface area contributed by atoms with Gasteiger partial charge in [0.2, 0.25) is 5.91 Å². The molecule has 0 bridgehead atoms. The van der Waals surface area contributed by atoms with Crippen LogP contribution in [0.15, 0.2) is 24.3 Å². The van der Waals surface area contributed by atoms with Crippen LogP contribution in [0.3, 0.4) is 0 Å². The largest absolute Gasteiger partial charge is 0.349 e. The van der Waals surface area contributed by atoms with Crippen LogP contribution in [0.5, 0.6) is 0 Å². The number of amides is 1. The zero-order valence-electron chi connectivity index (χ0n) is 7.96. The van der Waals surface area contributed by atoms with Crippen molar-refractivity contribution in [2.45, 2.75) is 19.4 Å². The van der Waals surface area contributed by atoms with Crippen LogP contribution in [0, 0.1) is 5.92 Å². The highest BCUT2D eigenvalue weighted by molar-refractivity contribution is 6.31. The van der Waals surface area contributed by atoms with E-state index in [-0.39, 0.29) is 17.9 Å². The number of hydrogen-bond donors (Lipinski definition) is 1. The first-order chi connectivity index (χ1) is 6.68. The van der Waals surface area contributed by atoms with Gasteiger partial charge in [-0.2, -0.15) is 0 Å². The number of rotatable bonds is 1. The molecule has 0 aromatic heterocycles. The quantitative estimate of drug-likeness (QED) is 0.757. The van der Waals surface area contributed by atoms with E-state index in [2.05, 4.69) is 5.32 Å². The van der Waals surface area contributed by atoms with Crippen LogP contribution in [0.1, 0.15) is 24.9 Å². The van der Waals surface area contributed by atoms with E-state index in [4.69, 9.17) is 11.6 Å². The van der Waals surface area contributed by atoms with Crippen molar-refractivity contribution in [2.75, 3.05) is 0 Å². The summed E-state index contributed by atoms with van der Waals surface area (Å²) in [5.74, 6) is 0.214. The van der Waals surface area contributed by atoms with Gasteiger partial charge in [0.25, 0.3) is 0 Å². The molecule has 1 fully saturated rings. The summed E-state index contributed by atoms with van der Waals surface area (Å²) in [6.07, 6.45) is 0.836. The third-order valence-corrected chi connectivity index (χ3v) is 2.98. The number of benzene rings is 1. The fourth-order valence-corrected chi connectivity index (χ4v) is 2.06. The van der Waals surface area contributed by atoms with Crippen molar-refractivity contribution in [3.8, 4) is 0 Å². The topological polar surface area (TPSA) is 29.1 Å². The van der Waals surface area contributed by atoms with E-state index in [1.165, 1.54) is 0 Å². The predicted molar refractivity (Wildman–Crippen MR) is 56.1 cm³/mol. The molecule has 0 saturated carbocycles. The summed E-state index contributed by atoms with van der Waals surface area (Å²) < 4.78 is 0. The van der Waals surface area contributed by atoms with Crippen LogP contribution in [-0.4, -0.2) is 5.91 Å². The molecule has 1 aromatic rings. The van der Waals surface area contributed by atoms with Gasteiger partial charge in [0.1, 0.15) is 0 Å². The summed E-state index contributed by atoms with van der Waals surface area (Å²) in [4.78, 5) is 11.3. The second kappa shape index (κ2) is 3.62.